The van der Waals surface area contributed by atoms with Gasteiger partial charge in [0, 0.05) is 37.0 Å². The van der Waals surface area contributed by atoms with E-state index in [9.17, 15) is 22.8 Å². The maximum Gasteiger partial charge on any atom is 0.471 e. The van der Waals surface area contributed by atoms with Gasteiger partial charge in [-0.05, 0) is 29.8 Å². The molecule has 1 unspecified atom stereocenters. The van der Waals surface area contributed by atoms with Crippen LogP contribution in [0.1, 0.15) is 5.56 Å². The summed E-state index contributed by atoms with van der Waals surface area (Å²) in [4.78, 5) is 25.9. The van der Waals surface area contributed by atoms with Gasteiger partial charge in [-0.2, -0.15) is 13.2 Å². The number of ether oxygens (including phenoxy) is 1. The lowest BCUT2D eigenvalue weighted by Crippen LogP contribution is -2.49. The minimum Gasteiger partial charge on any atom is -0.425 e. The third-order valence-electron chi connectivity index (χ3n) is 4.26. The molecule has 31 heavy (non-hydrogen) atoms. The van der Waals surface area contributed by atoms with E-state index >= 15 is 0 Å². The van der Waals surface area contributed by atoms with Crippen LogP contribution in [0.4, 0.5) is 18.9 Å². The number of nitrogens with one attached hydrogen (secondary N) is 1. The fourth-order valence-corrected chi connectivity index (χ4v) is 3.18. The maximum absolute atomic E-state index is 12.7. The smallest absolute Gasteiger partial charge is 0.425 e. The van der Waals surface area contributed by atoms with Crippen LogP contribution in [-0.2, 0) is 16.0 Å². The van der Waals surface area contributed by atoms with E-state index in [1.165, 1.54) is 12.1 Å². The summed E-state index contributed by atoms with van der Waals surface area (Å²) in [5, 5.41) is 1.71. The van der Waals surface area contributed by atoms with Gasteiger partial charge in [-0.3, -0.25) is 4.79 Å². The lowest BCUT2D eigenvalue weighted by atomic mass is 10.1. The van der Waals surface area contributed by atoms with Crippen molar-refractivity contribution in [3.63, 3.8) is 0 Å². The van der Waals surface area contributed by atoms with Crippen molar-refractivity contribution in [1.29, 1.82) is 0 Å². The summed E-state index contributed by atoms with van der Waals surface area (Å²) in [5.41, 5.74) is 1.37. The number of amides is 1. The summed E-state index contributed by atoms with van der Waals surface area (Å²) < 4.78 is 43.3. The van der Waals surface area contributed by atoms with Gasteiger partial charge >= 0.3 is 18.1 Å². The summed E-state index contributed by atoms with van der Waals surface area (Å²) in [6.45, 7) is 1.13. The summed E-state index contributed by atoms with van der Waals surface area (Å²) in [5.74, 6) is -2.29. The number of esters is 1. The van der Waals surface area contributed by atoms with Crippen molar-refractivity contribution in [1.82, 2.24) is 5.32 Å². The number of carbonyl (C=O) groups excluding carboxylic acids is 2. The van der Waals surface area contributed by atoms with Gasteiger partial charge in [-0.1, -0.05) is 30.3 Å². The highest BCUT2D eigenvalue weighted by molar-refractivity contribution is 6.18. The number of hydrogen-bond donors (Lipinski definition) is 1. The van der Waals surface area contributed by atoms with Crippen LogP contribution in [0.25, 0.3) is 0 Å². The van der Waals surface area contributed by atoms with Crippen LogP contribution < -0.4 is 15.0 Å². The Hall–Kier alpha value is -2.45. The normalized spacial score (nSPS) is 12.2. The van der Waals surface area contributed by atoms with E-state index in [0.717, 1.165) is 5.69 Å². The topological polar surface area (TPSA) is 58.6 Å². The molecule has 0 aliphatic carbocycles. The fraction of sp³-hybridized carbons (Fsp3) is 0.333. The van der Waals surface area contributed by atoms with Gasteiger partial charge in [0.1, 0.15) is 11.8 Å². The minimum atomic E-state index is -5.12. The molecule has 2 aromatic rings. The molecule has 0 bridgehead atoms. The van der Waals surface area contributed by atoms with Crippen molar-refractivity contribution in [3.05, 3.63) is 60.2 Å². The van der Waals surface area contributed by atoms with E-state index in [1.807, 2.05) is 4.90 Å². The lowest BCUT2D eigenvalue weighted by molar-refractivity contribution is -0.175. The second kappa shape index (κ2) is 11.8. The molecular formula is C21H21Cl2F3N2O3. The zero-order valence-corrected chi connectivity index (χ0v) is 17.9. The lowest BCUT2D eigenvalue weighted by Gasteiger charge is -2.23. The molecule has 0 spiro atoms. The molecule has 0 aliphatic heterocycles. The molecule has 2 aromatic carbocycles. The number of anilines is 1. The minimum absolute atomic E-state index is 0.129. The predicted octanol–water partition coefficient (Wildman–Crippen LogP) is 4.17. The second-order valence-electron chi connectivity index (χ2n) is 6.49. The fourth-order valence-electron chi connectivity index (χ4n) is 2.77. The van der Waals surface area contributed by atoms with Crippen LogP contribution in [0.3, 0.4) is 0 Å². The number of hydrogen-bond acceptors (Lipinski definition) is 4. The van der Waals surface area contributed by atoms with Gasteiger partial charge in [0.05, 0.1) is 0 Å². The average Bonchev–Trinajstić information content (AvgIpc) is 2.73. The van der Waals surface area contributed by atoms with Crippen LogP contribution in [0.5, 0.6) is 5.75 Å². The standard InChI is InChI=1S/C21H21Cl2F3N2O3/c22-10-12-28(13-11-23)16-6-8-17(9-7-16)31-19(29)18(27-20(30)21(24,25)26)14-15-4-2-1-3-5-15/h1-9,18H,10-14H2,(H,27,30). The van der Waals surface area contributed by atoms with Crippen LogP contribution in [0.15, 0.2) is 54.6 Å². The van der Waals surface area contributed by atoms with Crippen LogP contribution in [0, 0.1) is 0 Å². The highest BCUT2D eigenvalue weighted by atomic mass is 35.5. The zero-order valence-electron chi connectivity index (χ0n) is 16.4. The van der Waals surface area contributed by atoms with E-state index < -0.39 is 24.1 Å². The maximum atomic E-state index is 12.7. The van der Waals surface area contributed by atoms with Crippen molar-refractivity contribution >= 4 is 40.8 Å². The van der Waals surface area contributed by atoms with E-state index in [-0.39, 0.29) is 12.2 Å². The molecule has 0 radical (unpaired) electrons. The van der Waals surface area contributed by atoms with Crippen molar-refractivity contribution < 1.29 is 27.5 Å². The van der Waals surface area contributed by atoms with Gasteiger partial charge < -0.3 is 15.0 Å². The summed E-state index contributed by atoms with van der Waals surface area (Å²) in [7, 11) is 0. The molecule has 1 N–H and O–H groups in total. The first kappa shape index (κ1) is 24.8. The largest absolute Gasteiger partial charge is 0.471 e. The molecule has 1 amide bonds. The third kappa shape index (κ3) is 7.95. The van der Waals surface area contributed by atoms with Gasteiger partial charge in [-0.25, -0.2) is 4.79 Å². The summed E-state index contributed by atoms with van der Waals surface area (Å²) >= 11 is 11.6. The van der Waals surface area contributed by atoms with Crippen molar-refractivity contribution in [2.24, 2.45) is 0 Å². The van der Waals surface area contributed by atoms with Crippen molar-refractivity contribution in [3.8, 4) is 5.75 Å². The quantitative estimate of drug-likeness (QED) is 0.317. The highest BCUT2D eigenvalue weighted by Gasteiger charge is 2.41. The molecule has 0 fully saturated rings. The molecule has 10 heteroatoms. The SMILES string of the molecule is O=C(Oc1ccc(N(CCCl)CCCl)cc1)C(Cc1ccccc1)NC(=O)C(F)(F)F. The number of rotatable bonds is 10. The summed E-state index contributed by atoms with van der Waals surface area (Å²) in [6.07, 6.45) is -5.27. The Balaban J connectivity index is 2.13. The Kier molecular flexibility index (Phi) is 9.45. The Labute approximate surface area is 188 Å². The number of nitrogens with zero attached hydrogens (tertiary/aromatic N) is 1. The third-order valence-corrected chi connectivity index (χ3v) is 4.60. The van der Waals surface area contributed by atoms with Crippen LogP contribution >= 0.6 is 23.2 Å². The van der Waals surface area contributed by atoms with Crippen LogP contribution in [0.2, 0.25) is 0 Å². The monoisotopic (exact) mass is 476 g/mol. The Bertz CT molecular complexity index is 843. The molecular weight excluding hydrogens is 456 g/mol. The number of halogens is 5. The van der Waals surface area contributed by atoms with Gasteiger partial charge in [0.15, 0.2) is 0 Å². The van der Waals surface area contributed by atoms with E-state index in [1.54, 1.807) is 47.8 Å². The first-order chi connectivity index (χ1) is 14.7. The first-order valence-corrected chi connectivity index (χ1v) is 10.4. The van der Waals surface area contributed by atoms with Crippen molar-refractivity contribution in [2.75, 3.05) is 29.7 Å². The Morgan fingerprint density at radius 1 is 0.968 bits per heavy atom. The first-order valence-electron chi connectivity index (χ1n) is 9.35. The zero-order chi connectivity index (χ0) is 22.9. The molecule has 0 saturated heterocycles. The van der Waals surface area contributed by atoms with E-state index in [0.29, 0.717) is 30.4 Å². The summed E-state index contributed by atoms with van der Waals surface area (Å²) in [6, 6.07) is 13.2. The van der Waals surface area contributed by atoms with Gasteiger partial charge in [0.25, 0.3) is 0 Å². The van der Waals surface area contributed by atoms with E-state index in [2.05, 4.69) is 0 Å². The Morgan fingerprint density at radius 3 is 2.06 bits per heavy atom. The molecule has 0 aliphatic rings. The molecule has 2 rings (SSSR count). The second-order valence-corrected chi connectivity index (χ2v) is 7.25. The number of carbonyl (C=O) groups is 2. The molecule has 0 aromatic heterocycles. The number of benzene rings is 2. The Morgan fingerprint density at radius 2 is 1.55 bits per heavy atom. The molecule has 0 saturated carbocycles. The predicted molar refractivity (Wildman–Crippen MR) is 114 cm³/mol. The van der Waals surface area contributed by atoms with Gasteiger partial charge in [0.2, 0.25) is 0 Å². The molecule has 1 atom stereocenters. The van der Waals surface area contributed by atoms with Gasteiger partial charge in [-0.15, -0.1) is 23.2 Å². The van der Waals surface area contributed by atoms with Crippen LogP contribution in [-0.4, -0.2) is 48.9 Å². The molecule has 168 valence electrons. The highest BCUT2D eigenvalue weighted by Crippen LogP contribution is 2.21. The number of alkyl halides is 5. The average molecular weight is 477 g/mol. The molecule has 5 nitrogen and oxygen atoms in total. The van der Waals surface area contributed by atoms with Crippen molar-refractivity contribution in [2.45, 2.75) is 18.6 Å². The molecule has 0 heterocycles. The van der Waals surface area contributed by atoms with E-state index in [4.69, 9.17) is 27.9 Å².